The molecule has 0 saturated heterocycles. The van der Waals surface area contributed by atoms with Gasteiger partial charge in [0.25, 0.3) is 5.91 Å². The van der Waals surface area contributed by atoms with Gasteiger partial charge < -0.3 is 9.88 Å². The molecule has 0 unspecified atom stereocenters. The lowest BCUT2D eigenvalue weighted by atomic mass is 10.2. The van der Waals surface area contributed by atoms with E-state index < -0.39 is 29.2 Å². The molecule has 0 radical (unpaired) electrons. The van der Waals surface area contributed by atoms with Crippen molar-refractivity contribution in [2.24, 2.45) is 7.05 Å². The van der Waals surface area contributed by atoms with E-state index in [0.29, 0.717) is 12.1 Å². The van der Waals surface area contributed by atoms with Gasteiger partial charge >= 0.3 is 0 Å². The molecule has 0 saturated carbocycles. The molecule has 3 nitrogen and oxygen atoms in total. The molecule has 0 aliphatic rings. The van der Waals surface area contributed by atoms with Crippen molar-refractivity contribution in [1.29, 1.82) is 0 Å². The molecule has 2 aromatic rings. The first-order valence-electron chi connectivity index (χ1n) is 5.17. The van der Waals surface area contributed by atoms with Crippen molar-refractivity contribution < 1.29 is 22.4 Å². The van der Waals surface area contributed by atoms with Gasteiger partial charge in [0, 0.05) is 31.1 Å². The van der Waals surface area contributed by atoms with E-state index in [9.17, 15) is 22.4 Å². The van der Waals surface area contributed by atoms with Gasteiger partial charge in [0.1, 0.15) is 5.69 Å². The fourth-order valence-electron chi connectivity index (χ4n) is 1.59. The molecule has 0 spiro atoms. The summed E-state index contributed by atoms with van der Waals surface area (Å²) in [6.45, 7) is 0. The SMILES string of the molecule is Cn1ccc(F)c1C(=O)Nc1cc(F)c(F)c(F)c1. The molecular formula is C12H8F4N2O. The molecule has 0 atom stereocenters. The van der Waals surface area contributed by atoms with Crippen molar-refractivity contribution in [2.45, 2.75) is 0 Å². The lowest BCUT2D eigenvalue weighted by Crippen LogP contribution is -2.17. The fraction of sp³-hybridized carbons (Fsp3) is 0.0833. The van der Waals surface area contributed by atoms with Crippen LogP contribution in [-0.4, -0.2) is 10.5 Å². The minimum absolute atomic E-state index is 0.301. The molecule has 0 aliphatic heterocycles. The van der Waals surface area contributed by atoms with E-state index in [2.05, 4.69) is 5.32 Å². The normalized spacial score (nSPS) is 10.6. The summed E-state index contributed by atoms with van der Waals surface area (Å²) in [5, 5.41) is 2.09. The van der Waals surface area contributed by atoms with Gasteiger partial charge in [-0.25, -0.2) is 17.6 Å². The van der Waals surface area contributed by atoms with E-state index in [-0.39, 0.29) is 11.4 Å². The number of hydrogen-bond acceptors (Lipinski definition) is 1. The van der Waals surface area contributed by atoms with Crippen LogP contribution in [0.1, 0.15) is 10.5 Å². The Hall–Kier alpha value is -2.31. The zero-order valence-electron chi connectivity index (χ0n) is 9.68. The van der Waals surface area contributed by atoms with Gasteiger partial charge in [0.05, 0.1) is 0 Å². The third-order valence-electron chi connectivity index (χ3n) is 2.48. The molecule has 1 aromatic carbocycles. The number of nitrogens with one attached hydrogen (secondary N) is 1. The molecular weight excluding hydrogens is 264 g/mol. The van der Waals surface area contributed by atoms with Crippen molar-refractivity contribution in [3.63, 3.8) is 0 Å². The predicted octanol–water partition coefficient (Wildman–Crippen LogP) is 2.83. The monoisotopic (exact) mass is 272 g/mol. The highest BCUT2D eigenvalue weighted by Crippen LogP contribution is 2.18. The number of rotatable bonds is 2. The minimum Gasteiger partial charge on any atom is -0.344 e. The van der Waals surface area contributed by atoms with Crippen molar-refractivity contribution in [1.82, 2.24) is 4.57 Å². The number of aromatic nitrogens is 1. The molecule has 0 aliphatic carbocycles. The van der Waals surface area contributed by atoms with Gasteiger partial charge in [0.15, 0.2) is 23.3 Å². The summed E-state index contributed by atoms with van der Waals surface area (Å²) in [5.41, 5.74) is -0.604. The van der Waals surface area contributed by atoms with Crippen LogP contribution in [0.4, 0.5) is 23.2 Å². The summed E-state index contributed by atoms with van der Waals surface area (Å²) < 4.78 is 53.1. The van der Waals surface area contributed by atoms with Crippen LogP contribution in [0.2, 0.25) is 0 Å². The van der Waals surface area contributed by atoms with Crippen LogP contribution >= 0.6 is 0 Å². The third kappa shape index (κ3) is 2.44. The standard InChI is InChI=1S/C12H8F4N2O/c1-18-3-2-7(13)11(18)12(19)17-6-4-8(14)10(16)9(15)5-6/h2-5H,1H3,(H,17,19). The Balaban J connectivity index is 2.30. The zero-order valence-corrected chi connectivity index (χ0v) is 9.68. The third-order valence-corrected chi connectivity index (χ3v) is 2.48. The lowest BCUT2D eigenvalue weighted by Gasteiger charge is -2.07. The van der Waals surface area contributed by atoms with Crippen molar-refractivity contribution in [3.8, 4) is 0 Å². The average Bonchev–Trinajstić information content (AvgIpc) is 2.66. The van der Waals surface area contributed by atoms with Gasteiger partial charge in [-0.3, -0.25) is 4.79 Å². The second kappa shape index (κ2) is 4.75. The number of carbonyl (C=O) groups excluding carboxylic acids is 1. The van der Waals surface area contributed by atoms with Crippen LogP contribution < -0.4 is 5.32 Å². The lowest BCUT2D eigenvalue weighted by molar-refractivity contribution is 0.101. The Labute approximate surface area is 105 Å². The second-order valence-corrected chi connectivity index (χ2v) is 3.83. The van der Waals surface area contributed by atoms with Crippen LogP contribution in [0.15, 0.2) is 24.4 Å². The molecule has 19 heavy (non-hydrogen) atoms. The number of aryl methyl sites for hydroxylation is 1. The number of carbonyl (C=O) groups is 1. The molecule has 7 heteroatoms. The number of amides is 1. The highest BCUT2D eigenvalue weighted by Gasteiger charge is 2.17. The van der Waals surface area contributed by atoms with E-state index >= 15 is 0 Å². The van der Waals surface area contributed by atoms with Crippen LogP contribution in [-0.2, 0) is 7.05 Å². The Bertz CT molecular complexity index is 609. The largest absolute Gasteiger partial charge is 0.344 e. The second-order valence-electron chi connectivity index (χ2n) is 3.83. The number of halogens is 4. The molecule has 1 N–H and O–H groups in total. The summed E-state index contributed by atoms with van der Waals surface area (Å²) in [5.74, 6) is -6.19. The van der Waals surface area contributed by atoms with Crippen LogP contribution in [0.3, 0.4) is 0 Å². The van der Waals surface area contributed by atoms with Gasteiger partial charge in [-0.2, -0.15) is 0 Å². The number of nitrogens with zero attached hydrogens (tertiary/aromatic N) is 1. The molecule has 1 amide bonds. The number of anilines is 1. The first kappa shape index (κ1) is 13.1. The Kier molecular flexibility index (Phi) is 3.28. The number of benzene rings is 1. The summed E-state index contributed by atoms with van der Waals surface area (Å²) in [4.78, 5) is 11.7. The first-order chi connectivity index (χ1) is 8.90. The minimum atomic E-state index is -1.64. The molecule has 2 rings (SSSR count). The maximum Gasteiger partial charge on any atom is 0.275 e. The summed E-state index contributed by atoms with van der Waals surface area (Å²) in [6, 6.07) is 2.29. The van der Waals surface area contributed by atoms with Crippen LogP contribution in [0.25, 0.3) is 0 Å². The molecule has 0 bridgehead atoms. The van der Waals surface area contributed by atoms with Crippen molar-refractivity contribution >= 4 is 11.6 Å². The van der Waals surface area contributed by atoms with Crippen molar-refractivity contribution in [3.05, 3.63) is 53.4 Å². The van der Waals surface area contributed by atoms with Gasteiger partial charge in [0.2, 0.25) is 0 Å². The van der Waals surface area contributed by atoms with E-state index in [1.165, 1.54) is 17.8 Å². The quantitative estimate of drug-likeness (QED) is 0.662. The maximum absolute atomic E-state index is 13.3. The van der Waals surface area contributed by atoms with E-state index in [1.807, 2.05) is 0 Å². The van der Waals surface area contributed by atoms with Crippen molar-refractivity contribution in [2.75, 3.05) is 5.32 Å². The molecule has 0 fully saturated rings. The molecule has 1 aromatic heterocycles. The Morgan fingerprint density at radius 1 is 1.11 bits per heavy atom. The van der Waals surface area contributed by atoms with E-state index in [0.717, 1.165) is 6.07 Å². The highest BCUT2D eigenvalue weighted by atomic mass is 19.2. The van der Waals surface area contributed by atoms with Gasteiger partial charge in [-0.05, 0) is 6.07 Å². The molecule has 100 valence electrons. The average molecular weight is 272 g/mol. The highest BCUT2D eigenvalue weighted by molar-refractivity contribution is 6.03. The Morgan fingerprint density at radius 3 is 2.16 bits per heavy atom. The van der Waals surface area contributed by atoms with Crippen LogP contribution in [0, 0.1) is 23.3 Å². The fourth-order valence-corrected chi connectivity index (χ4v) is 1.59. The Morgan fingerprint density at radius 2 is 1.68 bits per heavy atom. The summed E-state index contributed by atoms with van der Waals surface area (Å²) in [6.07, 6.45) is 1.32. The summed E-state index contributed by atoms with van der Waals surface area (Å²) >= 11 is 0. The van der Waals surface area contributed by atoms with E-state index in [4.69, 9.17) is 0 Å². The van der Waals surface area contributed by atoms with Gasteiger partial charge in [-0.15, -0.1) is 0 Å². The topological polar surface area (TPSA) is 34.0 Å². The van der Waals surface area contributed by atoms with Crippen LogP contribution in [0.5, 0.6) is 0 Å². The first-order valence-corrected chi connectivity index (χ1v) is 5.17. The van der Waals surface area contributed by atoms with E-state index in [1.54, 1.807) is 0 Å². The smallest absolute Gasteiger partial charge is 0.275 e. The zero-order chi connectivity index (χ0) is 14.2. The maximum atomic E-state index is 13.3. The summed E-state index contributed by atoms with van der Waals surface area (Å²) in [7, 11) is 1.43. The number of hydrogen-bond donors (Lipinski definition) is 1. The molecule has 1 heterocycles. The van der Waals surface area contributed by atoms with Gasteiger partial charge in [-0.1, -0.05) is 0 Å². The predicted molar refractivity (Wildman–Crippen MR) is 59.6 cm³/mol.